The van der Waals surface area contributed by atoms with Gasteiger partial charge in [-0.2, -0.15) is 0 Å². The zero-order chi connectivity index (χ0) is 10.7. The van der Waals surface area contributed by atoms with Crippen LogP contribution in [0.5, 0.6) is 0 Å². The monoisotopic (exact) mass is 200 g/mol. The van der Waals surface area contributed by atoms with E-state index in [1.54, 1.807) is 18.6 Å². The minimum atomic E-state index is 0.758. The fourth-order valence-corrected chi connectivity index (χ4v) is 1.32. The molecule has 2 aromatic rings. The third-order valence-corrected chi connectivity index (χ3v) is 2.06. The molecule has 76 valence electrons. The van der Waals surface area contributed by atoms with Crippen molar-refractivity contribution in [1.29, 1.82) is 0 Å². The smallest absolute Gasteiger partial charge is 0.144 e. The SMILES string of the molecule is CNc1cncc(-c2cncc(C)c2)n1. The van der Waals surface area contributed by atoms with Crippen LogP contribution in [0, 0.1) is 6.92 Å². The third-order valence-electron chi connectivity index (χ3n) is 2.06. The van der Waals surface area contributed by atoms with Gasteiger partial charge in [0.15, 0.2) is 0 Å². The summed E-state index contributed by atoms with van der Waals surface area (Å²) in [6, 6.07) is 2.04. The molecule has 0 radical (unpaired) electrons. The molecule has 0 saturated carbocycles. The van der Waals surface area contributed by atoms with Crippen molar-refractivity contribution in [1.82, 2.24) is 15.0 Å². The summed E-state index contributed by atoms with van der Waals surface area (Å²) in [7, 11) is 1.82. The van der Waals surface area contributed by atoms with Gasteiger partial charge in [-0.1, -0.05) is 0 Å². The topological polar surface area (TPSA) is 50.7 Å². The fraction of sp³-hybridized carbons (Fsp3) is 0.182. The van der Waals surface area contributed by atoms with Gasteiger partial charge in [0.25, 0.3) is 0 Å². The molecule has 4 heteroatoms. The summed E-state index contributed by atoms with van der Waals surface area (Å²) in [5, 5.41) is 2.96. The number of aryl methyl sites for hydroxylation is 1. The second-order valence-corrected chi connectivity index (χ2v) is 3.29. The van der Waals surface area contributed by atoms with Gasteiger partial charge in [0.2, 0.25) is 0 Å². The van der Waals surface area contributed by atoms with E-state index >= 15 is 0 Å². The Hall–Kier alpha value is -1.97. The highest BCUT2D eigenvalue weighted by molar-refractivity contribution is 5.59. The second kappa shape index (κ2) is 4.04. The van der Waals surface area contributed by atoms with Crippen molar-refractivity contribution in [3.8, 4) is 11.3 Å². The van der Waals surface area contributed by atoms with Crippen LogP contribution in [0.4, 0.5) is 5.82 Å². The molecule has 0 amide bonds. The van der Waals surface area contributed by atoms with Crippen molar-refractivity contribution in [3.05, 3.63) is 36.4 Å². The molecular formula is C11H12N4. The maximum Gasteiger partial charge on any atom is 0.144 e. The molecule has 0 aliphatic heterocycles. The largest absolute Gasteiger partial charge is 0.372 e. The number of aromatic nitrogens is 3. The third kappa shape index (κ3) is 2.10. The van der Waals surface area contributed by atoms with Crippen LogP contribution in [0.2, 0.25) is 0 Å². The van der Waals surface area contributed by atoms with Gasteiger partial charge in [-0.25, -0.2) is 4.98 Å². The lowest BCUT2D eigenvalue weighted by Crippen LogP contribution is -1.95. The average molecular weight is 200 g/mol. The van der Waals surface area contributed by atoms with Crippen LogP contribution in [-0.2, 0) is 0 Å². The second-order valence-electron chi connectivity index (χ2n) is 3.29. The molecule has 0 aromatic carbocycles. The highest BCUT2D eigenvalue weighted by Crippen LogP contribution is 2.17. The predicted molar refractivity (Wildman–Crippen MR) is 59.5 cm³/mol. The van der Waals surface area contributed by atoms with Gasteiger partial charge in [-0.15, -0.1) is 0 Å². The van der Waals surface area contributed by atoms with Crippen LogP contribution < -0.4 is 5.32 Å². The Labute approximate surface area is 88.4 Å². The molecule has 0 saturated heterocycles. The summed E-state index contributed by atoms with van der Waals surface area (Å²) in [4.78, 5) is 12.6. The Morgan fingerprint density at radius 2 is 1.87 bits per heavy atom. The molecule has 15 heavy (non-hydrogen) atoms. The van der Waals surface area contributed by atoms with E-state index in [4.69, 9.17) is 0 Å². The van der Waals surface area contributed by atoms with E-state index in [0.29, 0.717) is 0 Å². The zero-order valence-corrected chi connectivity index (χ0v) is 8.73. The summed E-state index contributed by atoms with van der Waals surface area (Å²) in [6.45, 7) is 2.01. The molecule has 0 unspecified atom stereocenters. The van der Waals surface area contributed by atoms with E-state index in [1.807, 2.05) is 26.2 Å². The Balaban J connectivity index is 2.44. The number of rotatable bonds is 2. The first kappa shape index (κ1) is 9.58. The van der Waals surface area contributed by atoms with Crippen molar-refractivity contribution >= 4 is 5.82 Å². The normalized spacial score (nSPS) is 10.0. The van der Waals surface area contributed by atoms with E-state index in [2.05, 4.69) is 20.3 Å². The maximum absolute atomic E-state index is 4.39. The molecule has 0 fully saturated rings. The summed E-state index contributed by atoms with van der Waals surface area (Å²) >= 11 is 0. The van der Waals surface area contributed by atoms with E-state index in [-0.39, 0.29) is 0 Å². The van der Waals surface area contributed by atoms with Crippen molar-refractivity contribution in [2.24, 2.45) is 0 Å². The summed E-state index contributed by atoms with van der Waals surface area (Å²) in [5.41, 5.74) is 2.93. The van der Waals surface area contributed by atoms with Crippen molar-refractivity contribution in [3.63, 3.8) is 0 Å². The number of anilines is 1. The highest BCUT2D eigenvalue weighted by atomic mass is 15.0. The number of hydrogen-bond acceptors (Lipinski definition) is 4. The Bertz CT molecular complexity index is 468. The van der Waals surface area contributed by atoms with Gasteiger partial charge in [-0.05, 0) is 18.6 Å². The first-order valence-electron chi connectivity index (χ1n) is 4.71. The molecule has 1 N–H and O–H groups in total. The number of pyridine rings is 1. The first-order chi connectivity index (χ1) is 7.29. The Kier molecular flexibility index (Phi) is 2.58. The first-order valence-corrected chi connectivity index (χ1v) is 4.71. The fourth-order valence-electron chi connectivity index (χ4n) is 1.32. The van der Waals surface area contributed by atoms with E-state index in [1.165, 1.54) is 0 Å². The van der Waals surface area contributed by atoms with Crippen LogP contribution in [0.3, 0.4) is 0 Å². The summed E-state index contributed by atoms with van der Waals surface area (Å²) in [5.74, 6) is 0.758. The van der Waals surface area contributed by atoms with Gasteiger partial charge in [0.1, 0.15) is 5.82 Å². The number of nitrogens with zero attached hydrogens (tertiary/aromatic N) is 3. The molecule has 0 aliphatic rings. The van der Waals surface area contributed by atoms with Crippen LogP contribution in [-0.4, -0.2) is 22.0 Å². The van der Waals surface area contributed by atoms with Gasteiger partial charge in [0.05, 0.1) is 18.1 Å². The molecule has 2 heterocycles. The molecule has 2 rings (SSSR count). The van der Waals surface area contributed by atoms with Crippen LogP contribution in [0.25, 0.3) is 11.3 Å². The zero-order valence-electron chi connectivity index (χ0n) is 8.73. The minimum Gasteiger partial charge on any atom is -0.372 e. The lowest BCUT2D eigenvalue weighted by molar-refractivity contribution is 1.18. The molecule has 0 atom stereocenters. The molecule has 0 spiro atoms. The Morgan fingerprint density at radius 1 is 1.07 bits per heavy atom. The highest BCUT2D eigenvalue weighted by Gasteiger charge is 2.01. The summed E-state index contributed by atoms with van der Waals surface area (Å²) in [6.07, 6.45) is 7.03. The number of hydrogen-bond donors (Lipinski definition) is 1. The lowest BCUT2D eigenvalue weighted by Gasteiger charge is -2.03. The summed E-state index contributed by atoms with van der Waals surface area (Å²) < 4.78 is 0. The van der Waals surface area contributed by atoms with E-state index in [9.17, 15) is 0 Å². The molecular weight excluding hydrogens is 188 g/mol. The molecule has 2 aromatic heterocycles. The number of nitrogens with one attached hydrogen (secondary N) is 1. The van der Waals surface area contributed by atoms with Crippen molar-refractivity contribution in [2.75, 3.05) is 12.4 Å². The maximum atomic E-state index is 4.39. The predicted octanol–water partition coefficient (Wildman–Crippen LogP) is 1.89. The molecule has 0 bridgehead atoms. The molecule has 0 aliphatic carbocycles. The Morgan fingerprint density at radius 3 is 2.60 bits per heavy atom. The van der Waals surface area contributed by atoms with Crippen LogP contribution in [0.15, 0.2) is 30.9 Å². The van der Waals surface area contributed by atoms with Crippen molar-refractivity contribution in [2.45, 2.75) is 6.92 Å². The van der Waals surface area contributed by atoms with Gasteiger partial charge >= 0.3 is 0 Å². The van der Waals surface area contributed by atoms with Gasteiger partial charge in [0, 0.05) is 25.0 Å². The quantitative estimate of drug-likeness (QED) is 0.804. The van der Waals surface area contributed by atoms with Crippen LogP contribution in [0.1, 0.15) is 5.56 Å². The average Bonchev–Trinajstić information content (AvgIpc) is 2.29. The van der Waals surface area contributed by atoms with Gasteiger partial charge < -0.3 is 5.32 Å². The van der Waals surface area contributed by atoms with E-state index < -0.39 is 0 Å². The van der Waals surface area contributed by atoms with E-state index in [0.717, 1.165) is 22.6 Å². The lowest BCUT2D eigenvalue weighted by atomic mass is 10.2. The standard InChI is InChI=1S/C11H12N4/c1-8-3-9(5-13-4-8)10-6-14-7-11(12-2)15-10/h3-7H,1-2H3,(H,12,15). The van der Waals surface area contributed by atoms with Gasteiger partial charge in [-0.3, -0.25) is 9.97 Å². The minimum absolute atomic E-state index is 0.758. The molecule has 4 nitrogen and oxygen atoms in total. The van der Waals surface area contributed by atoms with Crippen molar-refractivity contribution < 1.29 is 0 Å². The van der Waals surface area contributed by atoms with Crippen LogP contribution >= 0.6 is 0 Å².